The summed E-state index contributed by atoms with van der Waals surface area (Å²) in [6.45, 7) is 0.984. The lowest BCUT2D eigenvalue weighted by Gasteiger charge is -2.39. The minimum atomic E-state index is -4.67. The summed E-state index contributed by atoms with van der Waals surface area (Å²) in [5.74, 6) is -5.86. The van der Waals surface area contributed by atoms with Crippen molar-refractivity contribution in [1.29, 1.82) is 0 Å². The minimum Gasteiger partial charge on any atom is -0.504 e. The van der Waals surface area contributed by atoms with Crippen LogP contribution in [0.3, 0.4) is 0 Å². The number of nitrogens with one attached hydrogen (secondary N) is 2. The quantitative estimate of drug-likeness (QED) is 0.0107. The van der Waals surface area contributed by atoms with Gasteiger partial charge in [0.2, 0.25) is 17.4 Å². The number of nitrogens with two attached hydrogens (primary N) is 1. The number of phosphoric ester groups is 1. The Hall–Kier alpha value is -5.44. The number of carbonyl (C=O) groups excluding carboxylic acids is 2. The van der Waals surface area contributed by atoms with Crippen molar-refractivity contribution < 1.29 is 87.3 Å². The SMILES string of the molecule is Nc1ncnc2c1ncn2-c1oc(COP(=O)(O)ONCCCOCCOCCOCCCNC(=O)C2C(O)CC(O)C(O)C2OC(=O)C=Cc2ccc(O)c(O)c2)c(O)c1O. The van der Waals surface area contributed by atoms with Crippen LogP contribution < -0.4 is 16.5 Å². The van der Waals surface area contributed by atoms with Gasteiger partial charge in [-0.05, 0) is 36.6 Å². The Labute approximate surface area is 351 Å². The number of phenolic OH excluding ortho intramolecular Hbond substituents is 2. The molecule has 3 heterocycles. The van der Waals surface area contributed by atoms with E-state index in [9.17, 15) is 54.8 Å². The molecule has 6 atom stereocenters. The second-order valence-electron chi connectivity index (χ2n) is 13.5. The van der Waals surface area contributed by atoms with Crippen LogP contribution in [0.4, 0.5) is 5.82 Å². The van der Waals surface area contributed by atoms with Crippen molar-refractivity contribution in [1.82, 2.24) is 30.3 Å². The molecule has 12 N–H and O–H groups in total. The van der Waals surface area contributed by atoms with E-state index in [0.29, 0.717) is 18.4 Å². The Bertz CT molecular complexity index is 2190. The van der Waals surface area contributed by atoms with Gasteiger partial charge in [0.05, 0.1) is 38.6 Å². The number of aromatic hydroxyl groups is 4. The first-order valence-electron chi connectivity index (χ1n) is 19.0. The van der Waals surface area contributed by atoms with Gasteiger partial charge in [0.15, 0.2) is 34.2 Å². The number of hydroxylamine groups is 1. The number of anilines is 1. The first kappa shape index (κ1) is 47.6. The Morgan fingerprint density at radius 3 is 2.32 bits per heavy atom. The molecule has 6 unspecified atom stereocenters. The smallest absolute Gasteiger partial charge is 0.489 e. The topological polar surface area (TPSA) is 375 Å². The zero-order valence-corrected chi connectivity index (χ0v) is 33.8. The van der Waals surface area contributed by atoms with Crippen LogP contribution in [0.15, 0.2) is 41.3 Å². The van der Waals surface area contributed by atoms with Crippen LogP contribution in [-0.4, -0.2) is 149 Å². The molecule has 1 fully saturated rings. The van der Waals surface area contributed by atoms with E-state index in [-0.39, 0.29) is 93.5 Å². The highest BCUT2D eigenvalue weighted by Gasteiger charge is 2.48. The van der Waals surface area contributed by atoms with Crippen LogP contribution in [-0.2, 0) is 48.9 Å². The summed E-state index contributed by atoms with van der Waals surface area (Å²) < 4.78 is 50.1. The molecule has 1 aliphatic rings. The summed E-state index contributed by atoms with van der Waals surface area (Å²) in [6, 6.07) is 3.83. The number of nitrogen functional groups attached to an aromatic ring is 1. The molecule has 340 valence electrons. The van der Waals surface area contributed by atoms with E-state index in [4.69, 9.17) is 38.2 Å². The fourth-order valence-corrected chi connectivity index (χ4v) is 6.52. The molecule has 0 aliphatic heterocycles. The van der Waals surface area contributed by atoms with Gasteiger partial charge in [0.25, 0.3) is 5.88 Å². The molecule has 62 heavy (non-hydrogen) atoms. The summed E-state index contributed by atoms with van der Waals surface area (Å²) in [5.41, 5.74) is 8.79. The maximum atomic E-state index is 13.0. The maximum Gasteiger partial charge on any atom is 0.489 e. The highest BCUT2D eigenvalue weighted by atomic mass is 31.2. The van der Waals surface area contributed by atoms with E-state index in [2.05, 4.69) is 25.7 Å². The molecule has 4 aromatic rings. The number of benzene rings is 1. The molecule has 1 aromatic carbocycles. The predicted octanol–water partition coefficient (Wildman–Crippen LogP) is -0.375. The molecular formula is C36H48N7O18P. The van der Waals surface area contributed by atoms with Crippen molar-refractivity contribution in [3.8, 4) is 28.9 Å². The number of esters is 1. The fourth-order valence-electron chi connectivity index (χ4n) is 5.93. The fraction of sp³-hybridized carbons (Fsp3) is 0.472. The number of hydrogen-bond donors (Lipinski definition) is 11. The van der Waals surface area contributed by atoms with Crippen LogP contribution in [0.25, 0.3) is 23.1 Å². The van der Waals surface area contributed by atoms with Crippen LogP contribution in [0.1, 0.15) is 30.6 Å². The lowest BCUT2D eigenvalue weighted by Crippen LogP contribution is -2.58. The summed E-state index contributed by atoms with van der Waals surface area (Å²) in [5, 5.41) is 73.5. The number of imidazole rings is 1. The summed E-state index contributed by atoms with van der Waals surface area (Å²) in [7, 11) is -4.67. The zero-order chi connectivity index (χ0) is 44.8. The zero-order valence-electron chi connectivity index (χ0n) is 32.9. The van der Waals surface area contributed by atoms with E-state index in [0.717, 1.165) is 6.08 Å². The van der Waals surface area contributed by atoms with Gasteiger partial charge < -0.3 is 75.1 Å². The molecule has 1 amide bonds. The van der Waals surface area contributed by atoms with Crippen LogP contribution in [0.2, 0.25) is 0 Å². The van der Waals surface area contributed by atoms with E-state index in [1.807, 2.05) is 0 Å². The summed E-state index contributed by atoms with van der Waals surface area (Å²) >= 11 is 0. The molecule has 0 radical (unpaired) electrons. The number of aromatic nitrogens is 4. The number of hydrogen-bond acceptors (Lipinski definition) is 22. The predicted molar refractivity (Wildman–Crippen MR) is 210 cm³/mol. The number of carbonyl (C=O) groups is 2. The van der Waals surface area contributed by atoms with Crippen molar-refractivity contribution in [2.75, 3.05) is 58.5 Å². The Balaban J connectivity index is 0.875. The Morgan fingerprint density at radius 1 is 0.919 bits per heavy atom. The van der Waals surface area contributed by atoms with Crippen molar-refractivity contribution >= 4 is 42.8 Å². The lowest BCUT2D eigenvalue weighted by atomic mass is 9.79. The molecule has 0 spiro atoms. The molecule has 1 saturated carbocycles. The van der Waals surface area contributed by atoms with Crippen molar-refractivity contribution in [3.05, 3.63) is 48.3 Å². The molecule has 0 saturated heterocycles. The molecular weight excluding hydrogens is 849 g/mol. The van der Waals surface area contributed by atoms with Crippen LogP contribution in [0, 0.1) is 5.92 Å². The molecule has 1 aliphatic carbocycles. The molecule has 3 aromatic heterocycles. The summed E-state index contributed by atoms with van der Waals surface area (Å²) in [6.07, 6.45) is -1.01. The van der Waals surface area contributed by atoms with Gasteiger partial charge in [-0.25, -0.2) is 28.9 Å². The van der Waals surface area contributed by atoms with Gasteiger partial charge in [-0.3, -0.25) is 9.32 Å². The summed E-state index contributed by atoms with van der Waals surface area (Å²) in [4.78, 5) is 47.3. The molecule has 25 nitrogen and oxygen atoms in total. The number of phosphoric acid groups is 1. The van der Waals surface area contributed by atoms with Gasteiger partial charge in [-0.2, -0.15) is 10.1 Å². The third-order valence-electron chi connectivity index (χ3n) is 9.05. The highest BCUT2D eigenvalue weighted by molar-refractivity contribution is 7.47. The van der Waals surface area contributed by atoms with E-state index in [1.54, 1.807) is 0 Å². The number of fused-ring (bicyclic) bond motifs is 1. The third-order valence-corrected chi connectivity index (χ3v) is 9.87. The van der Waals surface area contributed by atoms with Gasteiger partial charge in [-0.1, -0.05) is 6.07 Å². The first-order valence-corrected chi connectivity index (χ1v) is 20.5. The maximum absolute atomic E-state index is 13.0. The minimum absolute atomic E-state index is 0.0755. The van der Waals surface area contributed by atoms with Crippen molar-refractivity contribution in [2.45, 2.75) is 50.3 Å². The normalized spacial score (nSPS) is 20.1. The van der Waals surface area contributed by atoms with Crippen LogP contribution >= 0.6 is 7.82 Å². The number of ether oxygens (including phenoxy) is 4. The largest absolute Gasteiger partial charge is 0.504 e. The molecule has 0 bridgehead atoms. The van der Waals surface area contributed by atoms with Crippen molar-refractivity contribution in [3.63, 3.8) is 0 Å². The number of furan rings is 1. The van der Waals surface area contributed by atoms with Gasteiger partial charge in [-0.15, -0.1) is 0 Å². The number of aliphatic hydroxyl groups is 3. The number of aliphatic hydroxyl groups excluding tert-OH is 3. The monoisotopic (exact) mass is 897 g/mol. The van der Waals surface area contributed by atoms with E-state index in [1.165, 1.54) is 41.5 Å². The first-order chi connectivity index (χ1) is 29.7. The Kier molecular flexibility index (Phi) is 17.3. The average Bonchev–Trinajstić information content (AvgIpc) is 3.79. The average molecular weight is 898 g/mol. The standard InChI is InChI=1S/C36H48N7O18P/c37-33-28-34(40-18-39-33)43(19-41-28)36-31(51)30(50)25(59-36)17-58-62(53,54)61-42-8-2-10-56-12-14-57-13-11-55-9-1-7-38-35(52)27-23(46)16-24(47)29(49)32(27)60-26(48)6-4-20-3-5-21(44)22(45)15-20/h3-6,15,18-19,23-24,27,29,32,42,44-47,49-51H,1-2,7-14,16-17H2,(H,38,52)(H,53,54)(H2,37,39,40). The number of rotatable bonds is 24. The van der Waals surface area contributed by atoms with Crippen molar-refractivity contribution in [2.24, 2.45) is 5.92 Å². The highest BCUT2D eigenvalue weighted by Crippen LogP contribution is 2.46. The molecule has 26 heteroatoms. The lowest BCUT2D eigenvalue weighted by molar-refractivity contribution is -0.185. The number of phenols is 2. The second-order valence-corrected chi connectivity index (χ2v) is 14.9. The second kappa shape index (κ2) is 22.6. The third kappa shape index (κ3) is 13.0. The van der Waals surface area contributed by atoms with Crippen LogP contribution in [0.5, 0.6) is 23.0 Å². The molecule has 5 rings (SSSR count). The number of nitrogens with zero attached hydrogens (tertiary/aromatic N) is 4. The van der Waals surface area contributed by atoms with Gasteiger partial charge in [0, 0.05) is 38.8 Å². The van der Waals surface area contributed by atoms with E-state index < -0.39 is 73.9 Å². The number of amides is 1. The Morgan fingerprint density at radius 2 is 1.61 bits per heavy atom. The van der Waals surface area contributed by atoms with E-state index >= 15 is 0 Å². The van der Waals surface area contributed by atoms with Gasteiger partial charge >= 0.3 is 13.8 Å². The van der Waals surface area contributed by atoms with Gasteiger partial charge in [0.1, 0.15) is 37.4 Å².